The van der Waals surface area contributed by atoms with Gasteiger partial charge in [0, 0.05) is 6.92 Å². The van der Waals surface area contributed by atoms with E-state index in [4.69, 9.17) is 14.2 Å². The molecule has 0 aliphatic carbocycles. The average molecular weight is 340 g/mol. The summed E-state index contributed by atoms with van der Waals surface area (Å²) in [5, 5.41) is 0. The summed E-state index contributed by atoms with van der Waals surface area (Å²) in [6.45, 7) is 6.38. The van der Waals surface area contributed by atoms with Crippen LogP contribution in [0.25, 0.3) is 11.1 Å². The molecule has 132 valence electrons. The molecule has 0 N–H and O–H groups in total. The molecule has 0 unspecified atom stereocenters. The Balaban J connectivity index is 1.84. The van der Waals surface area contributed by atoms with Crippen molar-refractivity contribution in [2.24, 2.45) is 0 Å². The maximum absolute atomic E-state index is 10.7. The van der Waals surface area contributed by atoms with Gasteiger partial charge in [-0.05, 0) is 48.2 Å². The zero-order valence-corrected chi connectivity index (χ0v) is 14.6. The number of ether oxygens (including phenoxy) is 3. The van der Waals surface area contributed by atoms with Gasteiger partial charge in [0.25, 0.3) is 0 Å². The molecule has 25 heavy (non-hydrogen) atoms. The number of unbranched alkanes of at least 4 members (excludes halogenated alkanes) is 1. The minimum atomic E-state index is -0.299. The van der Waals surface area contributed by atoms with Crippen LogP contribution in [0.2, 0.25) is 0 Å². The fraction of sp³-hybridized carbons (Fsp3) is 0.286. The van der Waals surface area contributed by atoms with Crippen molar-refractivity contribution in [2.75, 3.05) is 19.8 Å². The number of hydrogen-bond acceptors (Lipinski definition) is 4. The summed E-state index contributed by atoms with van der Waals surface area (Å²) in [5.41, 5.74) is 2.22. The molecule has 0 spiro atoms. The molecular formula is C21H24O4. The molecule has 0 bridgehead atoms. The quantitative estimate of drug-likeness (QED) is 0.359. The van der Waals surface area contributed by atoms with Crippen LogP contribution in [-0.2, 0) is 9.53 Å². The maximum atomic E-state index is 10.7. The van der Waals surface area contributed by atoms with Crippen molar-refractivity contribution in [3.8, 4) is 22.6 Å². The Morgan fingerprint density at radius 3 is 1.88 bits per heavy atom. The van der Waals surface area contributed by atoms with Crippen LogP contribution < -0.4 is 9.47 Å². The highest BCUT2D eigenvalue weighted by Gasteiger charge is 2.01. The van der Waals surface area contributed by atoms with Gasteiger partial charge in [-0.25, -0.2) is 0 Å². The lowest BCUT2D eigenvalue weighted by Crippen LogP contribution is -2.09. The summed E-state index contributed by atoms with van der Waals surface area (Å²) in [6.07, 6.45) is 3.84. The molecule has 2 rings (SSSR count). The number of benzene rings is 2. The van der Waals surface area contributed by atoms with Gasteiger partial charge in [0.1, 0.15) is 24.7 Å². The van der Waals surface area contributed by atoms with Crippen molar-refractivity contribution in [3.63, 3.8) is 0 Å². The highest BCUT2D eigenvalue weighted by Crippen LogP contribution is 2.24. The Labute approximate surface area is 149 Å². The van der Waals surface area contributed by atoms with E-state index in [0.29, 0.717) is 13.2 Å². The number of rotatable bonds is 10. The fourth-order valence-electron chi connectivity index (χ4n) is 2.25. The second-order valence-corrected chi connectivity index (χ2v) is 5.52. The van der Waals surface area contributed by atoms with Crippen LogP contribution in [0.1, 0.15) is 19.8 Å². The van der Waals surface area contributed by atoms with Crippen molar-refractivity contribution < 1.29 is 19.0 Å². The van der Waals surface area contributed by atoms with Gasteiger partial charge in [-0.15, -0.1) is 6.58 Å². The van der Waals surface area contributed by atoms with Gasteiger partial charge in [0.05, 0.1) is 6.61 Å². The van der Waals surface area contributed by atoms with Crippen molar-refractivity contribution in [1.29, 1.82) is 0 Å². The third-order valence-corrected chi connectivity index (χ3v) is 3.52. The Hall–Kier alpha value is -2.75. The van der Waals surface area contributed by atoms with E-state index >= 15 is 0 Å². The Morgan fingerprint density at radius 1 is 0.880 bits per heavy atom. The van der Waals surface area contributed by atoms with Crippen molar-refractivity contribution in [1.82, 2.24) is 0 Å². The van der Waals surface area contributed by atoms with Crippen LogP contribution in [0, 0.1) is 0 Å². The fourth-order valence-corrected chi connectivity index (χ4v) is 2.25. The molecule has 0 aromatic heterocycles. The molecule has 0 radical (unpaired) electrons. The Morgan fingerprint density at radius 2 is 1.40 bits per heavy atom. The van der Waals surface area contributed by atoms with Gasteiger partial charge in [0.2, 0.25) is 0 Å². The summed E-state index contributed by atoms with van der Waals surface area (Å²) < 4.78 is 16.0. The lowest BCUT2D eigenvalue weighted by Gasteiger charge is -2.09. The Kier molecular flexibility index (Phi) is 7.57. The third kappa shape index (κ3) is 6.71. The number of carbonyl (C=O) groups is 1. The van der Waals surface area contributed by atoms with Gasteiger partial charge in [-0.2, -0.15) is 0 Å². The smallest absolute Gasteiger partial charge is 0.302 e. The molecule has 2 aromatic carbocycles. The van der Waals surface area contributed by atoms with Crippen LogP contribution in [0.15, 0.2) is 61.2 Å². The van der Waals surface area contributed by atoms with E-state index in [1.165, 1.54) is 6.92 Å². The van der Waals surface area contributed by atoms with Gasteiger partial charge in [0.15, 0.2) is 0 Å². The predicted molar refractivity (Wildman–Crippen MR) is 98.9 cm³/mol. The molecule has 2 aromatic rings. The molecule has 0 saturated heterocycles. The lowest BCUT2D eigenvalue weighted by atomic mass is 10.1. The molecule has 0 heterocycles. The zero-order chi connectivity index (χ0) is 17.9. The monoisotopic (exact) mass is 340 g/mol. The van der Waals surface area contributed by atoms with Crippen LogP contribution in [0.4, 0.5) is 0 Å². The summed E-state index contributed by atoms with van der Waals surface area (Å²) in [7, 11) is 0. The molecular weight excluding hydrogens is 316 g/mol. The predicted octanol–water partition coefficient (Wildman–Crippen LogP) is 4.64. The Bertz CT molecular complexity index is 659. The molecule has 4 heteroatoms. The number of hydrogen-bond donors (Lipinski definition) is 0. The first-order valence-corrected chi connectivity index (χ1v) is 8.39. The lowest BCUT2D eigenvalue weighted by molar-refractivity contribution is -0.141. The standard InChI is InChI=1S/C21H24O4/c1-3-4-5-14-24-20-10-6-18(7-11-20)19-8-12-21(13-9-19)25-16-15-23-17(2)22/h3,6-13H,1,4-5,14-16H2,2H3. The van der Waals surface area contributed by atoms with Crippen molar-refractivity contribution in [2.45, 2.75) is 19.8 Å². The number of allylic oxidation sites excluding steroid dienone is 1. The topological polar surface area (TPSA) is 44.8 Å². The number of carbonyl (C=O) groups excluding carboxylic acids is 1. The van der Waals surface area contributed by atoms with Crippen LogP contribution in [0.5, 0.6) is 11.5 Å². The molecule has 0 aliphatic heterocycles. The highest BCUT2D eigenvalue weighted by molar-refractivity contribution is 5.66. The van der Waals surface area contributed by atoms with E-state index in [-0.39, 0.29) is 12.6 Å². The summed E-state index contributed by atoms with van der Waals surface area (Å²) in [5.74, 6) is 1.32. The van der Waals surface area contributed by atoms with E-state index in [9.17, 15) is 4.79 Å². The highest BCUT2D eigenvalue weighted by atomic mass is 16.6. The SMILES string of the molecule is C=CCCCOc1ccc(-c2ccc(OCCOC(C)=O)cc2)cc1. The zero-order valence-electron chi connectivity index (χ0n) is 14.6. The normalized spacial score (nSPS) is 10.1. The van der Waals surface area contributed by atoms with Gasteiger partial charge in [-0.1, -0.05) is 30.3 Å². The summed E-state index contributed by atoms with van der Waals surface area (Å²) >= 11 is 0. The molecule has 0 atom stereocenters. The minimum absolute atomic E-state index is 0.255. The van der Waals surface area contributed by atoms with E-state index in [1.54, 1.807) is 0 Å². The number of esters is 1. The summed E-state index contributed by atoms with van der Waals surface area (Å²) in [4.78, 5) is 10.7. The van der Waals surface area contributed by atoms with Crippen LogP contribution >= 0.6 is 0 Å². The van der Waals surface area contributed by atoms with E-state index in [1.807, 2.05) is 54.6 Å². The molecule has 0 fully saturated rings. The second-order valence-electron chi connectivity index (χ2n) is 5.52. The molecule has 0 amide bonds. The average Bonchev–Trinajstić information content (AvgIpc) is 2.63. The van der Waals surface area contributed by atoms with Crippen LogP contribution in [0.3, 0.4) is 0 Å². The van der Waals surface area contributed by atoms with E-state index < -0.39 is 0 Å². The van der Waals surface area contributed by atoms with Crippen molar-refractivity contribution >= 4 is 5.97 Å². The maximum Gasteiger partial charge on any atom is 0.302 e. The second kappa shape index (κ2) is 10.2. The summed E-state index contributed by atoms with van der Waals surface area (Å²) in [6, 6.07) is 15.9. The van der Waals surface area contributed by atoms with Gasteiger partial charge in [-0.3, -0.25) is 4.79 Å². The largest absolute Gasteiger partial charge is 0.494 e. The third-order valence-electron chi connectivity index (χ3n) is 3.52. The van der Waals surface area contributed by atoms with Gasteiger partial charge >= 0.3 is 5.97 Å². The van der Waals surface area contributed by atoms with E-state index in [0.717, 1.165) is 35.5 Å². The van der Waals surface area contributed by atoms with Crippen LogP contribution in [-0.4, -0.2) is 25.8 Å². The molecule has 4 nitrogen and oxygen atoms in total. The van der Waals surface area contributed by atoms with Crippen molar-refractivity contribution in [3.05, 3.63) is 61.2 Å². The van der Waals surface area contributed by atoms with E-state index in [2.05, 4.69) is 6.58 Å². The minimum Gasteiger partial charge on any atom is -0.494 e. The first-order valence-electron chi connectivity index (χ1n) is 8.39. The molecule has 0 saturated carbocycles. The van der Waals surface area contributed by atoms with Gasteiger partial charge < -0.3 is 14.2 Å². The first-order chi connectivity index (χ1) is 12.2. The molecule has 0 aliphatic rings. The first kappa shape index (κ1) is 18.6.